The molecule has 0 fully saturated rings. The molecular formula is C7H10F3NO2. The summed E-state index contributed by atoms with van der Waals surface area (Å²) in [5, 5.41) is 10.3. The first-order chi connectivity index (χ1) is 5.94. The second-order valence-electron chi connectivity index (χ2n) is 2.27. The van der Waals surface area contributed by atoms with Gasteiger partial charge in [0.25, 0.3) is 0 Å². The smallest absolute Gasteiger partial charge is 0.475 e. The van der Waals surface area contributed by atoms with Crippen LogP contribution in [0.4, 0.5) is 13.2 Å². The molecule has 0 aromatic carbocycles. The third-order valence-corrected chi connectivity index (χ3v) is 1.16. The fourth-order valence-electron chi connectivity index (χ4n) is 0.572. The van der Waals surface area contributed by atoms with Crippen molar-refractivity contribution in [1.29, 1.82) is 0 Å². The molecule has 6 heteroatoms. The summed E-state index contributed by atoms with van der Waals surface area (Å²) in [6, 6.07) is 0. The van der Waals surface area contributed by atoms with Crippen LogP contribution in [0.25, 0.3) is 0 Å². The number of carboxylic acid groups (broad SMARTS) is 1. The van der Waals surface area contributed by atoms with Crippen LogP contribution in [0.15, 0.2) is 12.2 Å². The number of alkyl halides is 3. The minimum absolute atomic E-state index is 1.07. The van der Waals surface area contributed by atoms with E-state index in [-0.39, 0.29) is 0 Å². The first-order valence-electron chi connectivity index (χ1n) is 3.60. The van der Waals surface area contributed by atoms with E-state index in [0.717, 1.165) is 13.1 Å². The van der Waals surface area contributed by atoms with Crippen LogP contribution in [0.3, 0.4) is 0 Å². The number of hydrogen-bond donors (Lipinski definition) is 2. The molecule has 3 nitrogen and oxygen atoms in total. The van der Waals surface area contributed by atoms with Crippen molar-refractivity contribution in [2.24, 2.45) is 0 Å². The summed E-state index contributed by atoms with van der Waals surface area (Å²) in [7, 11) is 0. The molecule has 0 aromatic heterocycles. The molecule has 0 saturated carbocycles. The van der Waals surface area contributed by atoms with Gasteiger partial charge in [-0.15, -0.1) is 0 Å². The van der Waals surface area contributed by atoms with Crippen molar-refractivity contribution in [3.63, 3.8) is 0 Å². The molecule has 0 bridgehead atoms. The molecule has 1 aliphatic heterocycles. The van der Waals surface area contributed by atoms with Crippen molar-refractivity contribution in [2.45, 2.75) is 12.6 Å². The Morgan fingerprint density at radius 3 is 2.00 bits per heavy atom. The lowest BCUT2D eigenvalue weighted by Crippen LogP contribution is -2.21. The third kappa shape index (κ3) is 7.32. The molecule has 0 atom stereocenters. The zero-order valence-corrected chi connectivity index (χ0v) is 6.77. The molecule has 0 aromatic rings. The summed E-state index contributed by atoms with van der Waals surface area (Å²) in [5.74, 6) is -2.76. The Morgan fingerprint density at radius 1 is 1.38 bits per heavy atom. The van der Waals surface area contributed by atoms with Crippen molar-refractivity contribution in [3.05, 3.63) is 12.2 Å². The zero-order valence-electron chi connectivity index (χ0n) is 6.77. The van der Waals surface area contributed by atoms with Crippen molar-refractivity contribution >= 4 is 5.97 Å². The molecule has 0 radical (unpaired) electrons. The minimum Gasteiger partial charge on any atom is -0.475 e. The van der Waals surface area contributed by atoms with Gasteiger partial charge >= 0.3 is 12.1 Å². The van der Waals surface area contributed by atoms with E-state index in [1.165, 1.54) is 6.42 Å². The van der Waals surface area contributed by atoms with Gasteiger partial charge in [-0.1, -0.05) is 12.2 Å². The Bertz CT molecular complexity index is 181. The van der Waals surface area contributed by atoms with Crippen molar-refractivity contribution in [2.75, 3.05) is 13.1 Å². The normalized spacial score (nSPS) is 15.9. The standard InChI is InChI=1S/C5H9N.C2HF3O2/c1-2-4-6-5-3-1;3-2(4,5)1(6)7/h1-2,6H,3-5H2;(H,6,7). The number of hydrogen-bond acceptors (Lipinski definition) is 2. The summed E-state index contributed by atoms with van der Waals surface area (Å²) >= 11 is 0. The second kappa shape index (κ2) is 5.58. The number of halogens is 3. The van der Waals surface area contributed by atoms with Crippen molar-refractivity contribution < 1.29 is 23.1 Å². The molecule has 0 aliphatic carbocycles. The van der Waals surface area contributed by atoms with Crippen LogP contribution in [-0.4, -0.2) is 30.3 Å². The lowest BCUT2D eigenvalue weighted by Gasteiger charge is -2.01. The van der Waals surface area contributed by atoms with Crippen LogP contribution < -0.4 is 5.32 Å². The lowest BCUT2D eigenvalue weighted by molar-refractivity contribution is -0.192. The highest BCUT2D eigenvalue weighted by atomic mass is 19.4. The fourth-order valence-corrected chi connectivity index (χ4v) is 0.572. The van der Waals surface area contributed by atoms with E-state index in [9.17, 15) is 13.2 Å². The highest BCUT2D eigenvalue weighted by molar-refractivity contribution is 5.73. The molecule has 0 saturated heterocycles. The zero-order chi connectivity index (χ0) is 10.3. The van der Waals surface area contributed by atoms with Crippen LogP contribution in [0.1, 0.15) is 6.42 Å². The van der Waals surface area contributed by atoms with Gasteiger partial charge in [-0.05, 0) is 13.0 Å². The van der Waals surface area contributed by atoms with E-state index < -0.39 is 12.1 Å². The molecule has 1 heterocycles. The number of carbonyl (C=O) groups is 1. The molecule has 0 unspecified atom stereocenters. The Hall–Kier alpha value is -1.04. The summed E-state index contributed by atoms with van der Waals surface area (Å²) in [6.07, 6.45) is 0.486. The fraction of sp³-hybridized carbons (Fsp3) is 0.571. The van der Waals surface area contributed by atoms with Crippen LogP contribution in [0.2, 0.25) is 0 Å². The van der Waals surface area contributed by atoms with Gasteiger partial charge in [-0.2, -0.15) is 13.2 Å². The lowest BCUT2D eigenvalue weighted by atomic mass is 10.3. The molecule has 2 N–H and O–H groups in total. The first kappa shape index (κ1) is 12.0. The minimum atomic E-state index is -5.08. The Labute approximate surface area is 73.2 Å². The Kier molecular flexibility index (Phi) is 5.13. The predicted octanol–water partition coefficient (Wildman–Crippen LogP) is 1.17. The summed E-state index contributed by atoms with van der Waals surface area (Å²) in [5.41, 5.74) is 0. The Morgan fingerprint density at radius 2 is 1.92 bits per heavy atom. The molecule has 13 heavy (non-hydrogen) atoms. The molecule has 1 rings (SSSR count). The van der Waals surface area contributed by atoms with Crippen LogP contribution in [0.5, 0.6) is 0 Å². The van der Waals surface area contributed by atoms with E-state index in [1.807, 2.05) is 0 Å². The van der Waals surface area contributed by atoms with E-state index in [1.54, 1.807) is 0 Å². The predicted molar refractivity (Wildman–Crippen MR) is 40.3 cm³/mol. The third-order valence-electron chi connectivity index (χ3n) is 1.16. The van der Waals surface area contributed by atoms with Gasteiger partial charge in [0, 0.05) is 6.54 Å². The Balaban J connectivity index is 0.000000223. The molecular weight excluding hydrogens is 187 g/mol. The van der Waals surface area contributed by atoms with Gasteiger partial charge < -0.3 is 10.4 Å². The SMILES string of the molecule is C1=CCNCC1.O=C(O)C(F)(F)F. The number of rotatable bonds is 0. The van der Waals surface area contributed by atoms with Crippen LogP contribution >= 0.6 is 0 Å². The van der Waals surface area contributed by atoms with E-state index in [2.05, 4.69) is 17.5 Å². The topological polar surface area (TPSA) is 49.3 Å². The monoisotopic (exact) mass is 197 g/mol. The van der Waals surface area contributed by atoms with Crippen molar-refractivity contribution in [3.8, 4) is 0 Å². The maximum absolute atomic E-state index is 10.6. The maximum atomic E-state index is 10.6. The number of carboxylic acids is 1. The summed E-state index contributed by atoms with van der Waals surface area (Å²) in [4.78, 5) is 8.90. The first-order valence-corrected chi connectivity index (χ1v) is 3.60. The summed E-state index contributed by atoms with van der Waals surface area (Å²) < 4.78 is 31.7. The maximum Gasteiger partial charge on any atom is 0.490 e. The summed E-state index contributed by atoms with van der Waals surface area (Å²) in [6.45, 7) is 2.23. The number of aliphatic carboxylic acids is 1. The largest absolute Gasteiger partial charge is 0.490 e. The van der Waals surface area contributed by atoms with Crippen LogP contribution in [0, 0.1) is 0 Å². The van der Waals surface area contributed by atoms with E-state index in [4.69, 9.17) is 9.90 Å². The van der Waals surface area contributed by atoms with E-state index >= 15 is 0 Å². The van der Waals surface area contributed by atoms with Gasteiger partial charge in [0.1, 0.15) is 0 Å². The molecule has 0 amide bonds. The average Bonchev–Trinajstić information content (AvgIpc) is 2.07. The van der Waals surface area contributed by atoms with Gasteiger partial charge in [-0.25, -0.2) is 4.79 Å². The molecule has 1 aliphatic rings. The van der Waals surface area contributed by atoms with Crippen LogP contribution in [-0.2, 0) is 4.79 Å². The second-order valence-corrected chi connectivity index (χ2v) is 2.27. The molecule has 0 spiro atoms. The highest BCUT2D eigenvalue weighted by Crippen LogP contribution is 2.13. The molecule has 76 valence electrons. The van der Waals surface area contributed by atoms with Gasteiger partial charge in [0.15, 0.2) is 0 Å². The van der Waals surface area contributed by atoms with Gasteiger partial charge in [-0.3, -0.25) is 0 Å². The van der Waals surface area contributed by atoms with E-state index in [0.29, 0.717) is 0 Å². The average molecular weight is 197 g/mol. The van der Waals surface area contributed by atoms with Gasteiger partial charge in [0.2, 0.25) is 0 Å². The quantitative estimate of drug-likeness (QED) is 0.573. The van der Waals surface area contributed by atoms with Gasteiger partial charge in [0.05, 0.1) is 0 Å². The van der Waals surface area contributed by atoms with Crippen molar-refractivity contribution in [1.82, 2.24) is 5.32 Å². The number of nitrogens with one attached hydrogen (secondary N) is 1. The highest BCUT2D eigenvalue weighted by Gasteiger charge is 2.38.